The first-order chi connectivity index (χ1) is 14.1. The molecule has 1 aliphatic rings. The molecular formula is C19H15NO9S. The van der Waals surface area contributed by atoms with E-state index in [1.807, 2.05) is 0 Å². The Balaban J connectivity index is 1.70. The molecule has 1 unspecified atom stereocenters. The molecule has 1 saturated heterocycles. The first kappa shape index (κ1) is 19.7. The summed E-state index contributed by atoms with van der Waals surface area (Å²) >= 11 is 0. The van der Waals surface area contributed by atoms with Crippen LogP contribution >= 0.6 is 0 Å². The van der Waals surface area contributed by atoms with Crippen LogP contribution in [0, 0.1) is 13.8 Å². The first-order valence-electron chi connectivity index (χ1n) is 8.66. The SMILES string of the molecule is Cc1c(-c2cc3cc(CS(=O)(=O)C4OC(=O)NC4=O)ccc3o2)oc(=O)c(C)c1O. The van der Waals surface area contributed by atoms with Crippen LogP contribution in [0.5, 0.6) is 5.75 Å². The summed E-state index contributed by atoms with van der Waals surface area (Å²) in [5.74, 6) is -1.54. The summed E-state index contributed by atoms with van der Waals surface area (Å²) in [5, 5.41) is 12.4. The van der Waals surface area contributed by atoms with Crippen molar-refractivity contribution < 1.29 is 36.7 Å². The fraction of sp³-hybridized carbons (Fsp3) is 0.211. The summed E-state index contributed by atoms with van der Waals surface area (Å²) in [5.41, 5.74) is -1.48. The van der Waals surface area contributed by atoms with Gasteiger partial charge in [-0.1, -0.05) is 6.07 Å². The van der Waals surface area contributed by atoms with E-state index in [-0.39, 0.29) is 22.8 Å². The molecule has 1 aromatic carbocycles. The number of carbonyl (C=O) groups is 2. The monoisotopic (exact) mass is 433 g/mol. The van der Waals surface area contributed by atoms with Gasteiger partial charge in [0.1, 0.15) is 11.3 Å². The number of imide groups is 1. The van der Waals surface area contributed by atoms with Gasteiger partial charge in [0.2, 0.25) is 9.84 Å². The Hall–Kier alpha value is -3.60. The molecule has 0 aliphatic carbocycles. The lowest BCUT2D eigenvalue weighted by atomic mass is 10.1. The van der Waals surface area contributed by atoms with Gasteiger partial charge in [-0.05, 0) is 37.6 Å². The number of alkyl carbamates (subject to hydrolysis) is 1. The number of hydrogen-bond acceptors (Lipinski definition) is 9. The molecule has 1 aliphatic heterocycles. The van der Waals surface area contributed by atoms with Crippen LogP contribution in [-0.4, -0.2) is 31.0 Å². The first-order valence-corrected chi connectivity index (χ1v) is 10.4. The fourth-order valence-electron chi connectivity index (χ4n) is 3.14. The average molecular weight is 433 g/mol. The van der Waals surface area contributed by atoms with Crippen molar-refractivity contribution in [2.24, 2.45) is 0 Å². The van der Waals surface area contributed by atoms with Crippen molar-refractivity contribution in [3.8, 4) is 17.3 Å². The van der Waals surface area contributed by atoms with Gasteiger partial charge in [0.25, 0.3) is 11.3 Å². The molecule has 30 heavy (non-hydrogen) atoms. The van der Waals surface area contributed by atoms with Crippen molar-refractivity contribution in [3.05, 3.63) is 51.4 Å². The number of furan rings is 1. The van der Waals surface area contributed by atoms with Gasteiger partial charge in [-0.25, -0.2) is 18.0 Å². The third kappa shape index (κ3) is 3.22. The van der Waals surface area contributed by atoms with Crippen LogP contribution in [0.15, 0.2) is 37.9 Å². The average Bonchev–Trinajstić information content (AvgIpc) is 3.25. The van der Waals surface area contributed by atoms with Crippen LogP contribution < -0.4 is 10.9 Å². The van der Waals surface area contributed by atoms with E-state index in [0.29, 0.717) is 22.1 Å². The molecular weight excluding hydrogens is 418 g/mol. The molecule has 10 nitrogen and oxygen atoms in total. The number of rotatable bonds is 4. The number of fused-ring (bicyclic) bond motifs is 1. The van der Waals surface area contributed by atoms with Gasteiger partial charge in [-0.2, -0.15) is 0 Å². The number of sulfone groups is 1. The molecule has 1 fully saturated rings. The minimum atomic E-state index is -4.11. The maximum atomic E-state index is 12.4. The van der Waals surface area contributed by atoms with E-state index in [1.165, 1.54) is 31.2 Å². The lowest BCUT2D eigenvalue weighted by Crippen LogP contribution is -2.32. The predicted octanol–water partition coefficient (Wildman–Crippen LogP) is 1.88. The molecule has 11 heteroatoms. The van der Waals surface area contributed by atoms with Crippen LogP contribution in [0.25, 0.3) is 22.5 Å². The zero-order chi connectivity index (χ0) is 21.8. The van der Waals surface area contributed by atoms with Crippen molar-refractivity contribution in [1.29, 1.82) is 0 Å². The van der Waals surface area contributed by atoms with Crippen LogP contribution in [0.4, 0.5) is 4.79 Å². The number of aromatic hydroxyl groups is 1. The highest BCUT2D eigenvalue weighted by atomic mass is 32.2. The summed E-state index contributed by atoms with van der Waals surface area (Å²) in [6.45, 7) is 3.00. The molecule has 4 rings (SSSR count). The predicted molar refractivity (Wildman–Crippen MR) is 102 cm³/mol. The van der Waals surface area contributed by atoms with E-state index in [0.717, 1.165) is 0 Å². The summed E-state index contributed by atoms with van der Waals surface area (Å²) in [7, 11) is -4.11. The highest BCUT2D eigenvalue weighted by Gasteiger charge is 2.42. The zero-order valence-corrected chi connectivity index (χ0v) is 16.5. The van der Waals surface area contributed by atoms with Gasteiger partial charge in [0.15, 0.2) is 11.5 Å². The van der Waals surface area contributed by atoms with Gasteiger partial charge >= 0.3 is 11.7 Å². The Morgan fingerprint density at radius 2 is 1.80 bits per heavy atom. The number of benzene rings is 1. The second-order valence-corrected chi connectivity index (χ2v) is 8.88. The largest absolute Gasteiger partial charge is 0.507 e. The summed E-state index contributed by atoms with van der Waals surface area (Å²) in [6.07, 6.45) is -1.11. The van der Waals surface area contributed by atoms with E-state index < -0.39 is 38.7 Å². The normalized spacial score (nSPS) is 16.7. The maximum absolute atomic E-state index is 12.4. The molecule has 3 aromatic rings. The third-order valence-corrected chi connectivity index (χ3v) is 6.40. The van der Waals surface area contributed by atoms with Gasteiger partial charge in [-0.3, -0.25) is 10.1 Å². The Labute approximate surface area is 169 Å². The van der Waals surface area contributed by atoms with E-state index in [2.05, 4.69) is 4.74 Å². The number of ether oxygens (including phenoxy) is 1. The van der Waals surface area contributed by atoms with Gasteiger partial charge in [-0.15, -0.1) is 0 Å². The molecule has 1 atom stereocenters. The topological polar surface area (TPSA) is 153 Å². The Bertz CT molecular complexity index is 1380. The van der Waals surface area contributed by atoms with Crippen LogP contribution in [0.1, 0.15) is 16.7 Å². The Morgan fingerprint density at radius 1 is 1.07 bits per heavy atom. The van der Waals surface area contributed by atoms with Crippen molar-refractivity contribution in [1.82, 2.24) is 5.32 Å². The van der Waals surface area contributed by atoms with Crippen molar-refractivity contribution in [3.63, 3.8) is 0 Å². The van der Waals surface area contributed by atoms with E-state index in [4.69, 9.17) is 8.83 Å². The minimum Gasteiger partial charge on any atom is -0.507 e. The summed E-state index contributed by atoms with van der Waals surface area (Å²) < 4.78 is 40.3. The third-order valence-electron chi connectivity index (χ3n) is 4.70. The maximum Gasteiger partial charge on any atom is 0.415 e. The number of hydrogen-bond donors (Lipinski definition) is 2. The van der Waals surface area contributed by atoms with E-state index >= 15 is 0 Å². The number of carbonyl (C=O) groups excluding carboxylic acids is 2. The van der Waals surface area contributed by atoms with Crippen LogP contribution in [0.2, 0.25) is 0 Å². The van der Waals surface area contributed by atoms with E-state index in [1.54, 1.807) is 12.2 Å². The Morgan fingerprint density at radius 3 is 2.47 bits per heavy atom. The second kappa shape index (κ2) is 6.73. The quantitative estimate of drug-likeness (QED) is 0.628. The van der Waals surface area contributed by atoms with Crippen LogP contribution in [0.3, 0.4) is 0 Å². The van der Waals surface area contributed by atoms with Crippen molar-refractivity contribution in [2.75, 3.05) is 0 Å². The molecule has 3 heterocycles. The molecule has 2 aromatic heterocycles. The molecule has 0 bridgehead atoms. The second-order valence-electron chi connectivity index (χ2n) is 6.83. The highest BCUT2D eigenvalue weighted by Crippen LogP contribution is 2.34. The Kier molecular flexibility index (Phi) is 4.42. The molecule has 156 valence electrons. The zero-order valence-electron chi connectivity index (χ0n) is 15.7. The van der Waals surface area contributed by atoms with Crippen molar-refractivity contribution in [2.45, 2.75) is 25.0 Å². The number of nitrogens with one attached hydrogen (secondary N) is 1. The highest BCUT2D eigenvalue weighted by molar-refractivity contribution is 7.91. The molecule has 0 saturated carbocycles. The smallest absolute Gasteiger partial charge is 0.415 e. The molecule has 0 spiro atoms. The number of cyclic esters (lactones) is 1. The van der Waals surface area contributed by atoms with E-state index in [9.17, 15) is 27.9 Å². The summed E-state index contributed by atoms with van der Waals surface area (Å²) in [6, 6.07) is 6.06. The fourth-order valence-corrected chi connectivity index (χ4v) is 4.56. The molecule has 2 amide bonds. The lowest BCUT2D eigenvalue weighted by molar-refractivity contribution is -0.120. The van der Waals surface area contributed by atoms with Crippen LogP contribution in [-0.2, 0) is 25.1 Å². The molecule has 2 N–H and O–H groups in total. The van der Waals surface area contributed by atoms with Gasteiger partial charge in [0, 0.05) is 10.9 Å². The van der Waals surface area contributed by atoms with Crippen molar-refractivity contribution >= 4 is 32.8 Å². The van der Waals surface area contributed by atoms with Gasteiger partial charge in [0.05, 0.1) is 11.3 Å². The van der Waals surface area contributed by atoms with Gasteiger partial charge < -0.3 is 18.7 Å². The standard InChI is InChI=1S/C19H15NO9S/c1-8-14(21)9(2)17(23)28-15(8)13-6-11-5-10(3-4-12(11)27-13)7-30(25,26)18-16(22)20-19(24)29-18/h3-6,18,21H,7H2,1-2H3,(H,20,22,24). The summed E-state index contributed by atoms with van der Waals surface area (Å²) in [4.78, 5) is 34.6. The number of amides is 2. The lowest BCUT2D eigenvalue weighted by Gasteiger charge is -2.08. The minimum absolute atomic E-state index is 0.0583. The molecule has 0 radical (unpaired) electrons.